The van der Waals surface area contributed by atoms with Gasteiger partial charge in [0.15, 0.2) is 0 Å². The Balaban J connectivity index is 1.59. The van der Waals surface area contributed by atoms with E-state index in [1.54, 1.807) is 41.3 Å². The van der Waals surface area contributed by atoms with Gasteiger partial charge in [0.2, 0.25) is 11.8 Å². The van der Waals surface area contributed by atoms with E-state index in [1.807, 2.05) is 6.92 Å². The Morgan fingerprint density at radius 3 is 2.90 bits per heavy atom. The normalized spacial score (nSPS) is 11.2. The predicted molar refractivity (Wildman–Crippen MR) is 118 cm³/mol. The summed E-state index contributed by atoms with van der Waals surface area (Å²) in [6.07, 6.45) is 5.29. The number of aromatic amines is 1. The minimum atomic E-state index is -0.316. The molecule has 0 saturated carbocycles. The number of carbonyl (C=O) groups excluding carboxylic acids is 2. The van der Waals surface area contributed by atoms with Crippen LogP contribution in [-0.2, 0) is 16.1 Å². The van der Waals surface area contributed by atoms with Gasteiger partial charge in [0.1, 0.15) is 11.6 Å². The first-order chi connectivity index (χ1) is 15.0. The van der Waals surface area contributed by atoms with Gasteiger partial charge in [0.05, 0.1) is 23.7 Å². The number of H-pyrrole nitrogens is 1. The molecule has 3 rings (SSSR count). The highest BCUT2D eigenvalue weighted by Gasteiger charge is 2.15. The van der Waals surface area contributed by atoms with Crippen LogP contribution in [0.15, 0.2) is 51.9 Å². The quantitative estimate of drug-likeness (QED) is 0.495. The lowest BCUT2D eigenvalue weighted by molar-refractivity contribution is -0.131. The summed E-state index contributed by atoms with van der Waals surface area (Å²) in [5.41, 5.74) is 0.196. The van der Waals surface area contributed by atoms with Crippen molar-refractivity contribution in [3.05, 3.63) is 69.6 Å². The molecule has 0 aliphatic heterocycles. The Kier molecular flexibility index (Phi) is 7.61. The Hall–Kier alpha value is -3.39. The van der Waals surface area contributed by atoms with Crippen LogP contribution in [0, 0.1) is 0 Å². The van der Waals surface area contributed by atoms with Gasteiger partial charge in [0, 0.05) is 30.6 Å². The standard InChI is InChI=1S/C22H23ClN4O4/c1-2-11-27(14-19-25-18-13-15(23)5-7-17(18)22(30)26-19)21(29)9-10-24-20(28)8-6-16-4-3-12-31-16/h3-8,12-13H,2,9-11,14H2,1H3,(H,24,28)(H,25,26,30)/b8-6+. The third-order valence-corrected chi connectivity index (χ3v) is 4.72. The highest BCUT2D eigenvalue weighted by molar-refractivity contribution is 6.31. The smallest absolute Gasteiger partial charge is 0.258 e. The number of aromatic nitrogens is 2. The lowest BCUT2D eigenvalue weighted by atomic mass is 10.2. The van der Waals surface area contributed by atoms with E-state index in [1.165, 1.54) is 12.3 Å². The zero-order chi connectivity index (χ0) is 22.2. The van der Waals surface area contributed by atoms with Gasteiger partial charge in [-0.05, 0) is 42.8 Å². The minimum absolute atomic E-state index is 0.129. The lowest BCUT2D eigenvalue weighted by Gasteiger charge is -2.21. The second kappa shape index (κ2) is 10.6. The number of carbonyl (C=O) groups is 2. The summed E-state index contributed by atoms with van der Waals surface area (Å²) in [6.45, 7) is 2.81. The van der Waals surface area contributed by atoms with E-state index in [-0.39, 0.29) is 36.9 Å². The Morgan fingerprint density at radius 2 is 2.16 bits per heavy atom. The molecule has 1 aromatic carbocycles. The number of benzene rings is 1. The number of rotatable bonds is 9. The number of furan rings is 1. The van der Waals surface area contributed by atoms with Gasteiger partial charge in [-0.25, -0.2) is 4.98 Å². The molecule has 9 heteroatoms. The summed E-state index contributed by atoms with van der Waals surface area (Å²) >= 11 is 6.00. The molecule has 0 atom stereocenters. The highest BCUT2D eigenvalue weighted by atomic mass is 35.5. The summed E-state index contributed by atoms with van der Waals surface area (Å²) in [5, 5.41) is 3.59. The molecule has 0 aliphatic carbocycles. The molecule has 162 valence electrons. The third kappa shape index (κ3) is 6.29. The van der Waals surface area contributed by atoms with Crippen molar-refractivity contribution in [3.63, 3.8) is 0 Å². The van der Waals surface area contributed by atoms with Crippen molar-refractivity contribution in [2.45, 2.75) is 26.3 Å². The molecule has 0 bridgehead atoms. The maximum atomic E-state index is 12.7. The van der Waals surface area contributed by atoms with E-state index in [0.29, 0.717) is 34.1 Å². The second-order valence-electron chi connectivity index (χ2n) is 6.88. The maximum absolute atomic E-state index is 12.7. The predicted octanol–water partition coefficient (Wildman–Crippen LogP) is 3.13. The van der Waals surface area contributed by atoms with Gasteiger partial charge in [0.25, 0.3) is 5.56 Å². The molecule has 2 aromatic heterocycles. The van der Waals surface area contributed by atoms with E-state index >= 15 is 0 Å². The molecule has 0 unspecified atom stereocenters. The zero-order valence-corrected chi connectivity index (χ0v) is 17.8. The zero-order valence-electron chi connectivity index (χ0n) is 17.1. The number of halogens is 1. The Labute approximate surface area is 183 Å². The molecule has 2 heterocycles. The first-order valence-corrected chi connectivity index (χ1v) is 10.3. The van der Waals surface area contributed by atoms with Gasteiger partial charge in [-0.1, -0.05) is 18.5 Å². The summed E-state index contributed by atoms with van der Waals surface area (Å²) in [6, 6.07) is 8.32. The second-order valence-corrected chi connectivity index (χ2v) is 7.32. The van der Waals surface area contributed by atoms with E-state index in [2.05, 4.69) is 15.3 Å². The molecular formula is C22H23ClN4O4. The number of hydrogen-bond acceptors (Lipinski definition) is 5. The number of nitrogens with zero attached hydrogens (tertiary/aromatic N) is 2. The van der Waals surface area contributed by atoms with E-state index in [4.69, 9.17) is 16.0 Å². The molecule has 2 amide bonds. The lowest BCUT2D eigenvalue weighted by Crippen LogP contribution is -2.35. The van der Waals surface area contributed by atoms with Crippen molar-refractivity contribution in [1.29, 1.82) is 0 Å². The van der Waals surface area contributed by atoms with Crippen LogP contribution in [-0.4, -0.2) is 39.8 Å². The first kappa shape index (κ1) is 22.3. The van der Waals surface area contributed by atoms with Crippen molar-refractivity contribution >= 4 is 40.4 Å². The summed E-state index contributed by atoms with van der Waals surface area (Å²) < 4.78 is 5.12. The monoisotopic (exact) mass is 442 g/mol. The Bertz CT molecular complexity index is 1140. The average Bonchev–Trinajstić information content (AvgIpc) is 3.25. The number of fused-ring (bicyclic) bond motifs is 1. The van der Waals surface area contributed by atoms with Crippen LogP contribution in [0.5, 0.6) is 0 Å². The molecule has 31 heavy (non-hydrogen) atoms. The summed E-state index contributed by atoms with van der Waals surface area (Å²) in [4.78, 5) is 45.6. The van der Waals surface area contributed by atoms with Gasteiger partial charge in [-0.2, -0.15) is 0 Å². The van der Waals surface area contributed by atoms with E-state index < -0.39 is 0 Å². The van der Waals surface area contributed by atoms with Crippen molar-refractivity contribution in [1.82, 2.24) is 20.2 Å². The number of hydrogen-bond donors (Lipinski definition) is 2. The van der Waals surface area contributed by atoms with Gasteiger partial charge < -0.3 is 19.6 Å². The van der Waals surface area contributed by atoms with Crippen molar-refractivity contribution in [2.75, 3.05) is 13.1 Å². The molecule has 0 saturated heterocycles. The number of amides is 2. The van der Waals surface area contributed by atoms with Crippen molar-refractivity contribution < 1.29 is 14.0 Å². The Morgan fingerprint density at radius 1 is 1.32 bits per heavy atom. The maximum Gasteiger partial charge on any atom is 0.258 e. The van der Waals surface area contributed by atoms with Crippen LogP contribution in [0.25, 0.3) is 17.0 Å². The average molecular weight is 443 g/mol. The third-order valence-electron chi connectivity index (χ3n) is 4.48. The molecule has 0 radical (unpaired) electrons. The van der Waals surface area contributed by atoms with E-state index in [9.17, 15) is 14.4 Å². The fraction of sp³-hybridized carbons (Fsp3) is 0.273. The van der Waals surface area contributed by atoms with Crippen LogP contribution in [0.1, 0.15) is 31.4 Å². The highest BCUT2D eigenvalue weighted by Crippen LogP contribution is 2.15. The number of nitrogens with one attached hydrogen (secondary N) is 2. The topological polar surface area (TPSA) is 108 Å². The van der Waals surface area contributed by atoms with Crippen LogP contribution in [0.2, 0.25) is 5.02 Å². The van der Waals surface area contributed by atoms with Crippen molar-refractivity contribution in [3.8, 4) is 0 Å². The van der Waals surface area contributed by atoms with Gasteiger partial charge in [-0.3, -0.25) is 14.4 Å². The van der Waals surface area contributed by atoms with Crippen LogP contribution in [0.4, 0.5) is 0 Å². The van der Waals surface area contributed by atoms with Crippen LogP contribution >= 0.6 is 11.6 Å². The molecule has 3 aromatic rings. The molecule has 0 fully saturated rings. The SMILES string of the molecule is CCCN(Cc1nc2cc(Cl)ccc2c(=O)[nH]1)C(=O)CCNC(=O)/C=C/c1ccco1. The largest absolute Gasteiger partial charge is 0.465 e. The van der Waals surface area contributed by atoms with Gasteiger partial charge in [-0.15, -0.1) is 0 Å². The van der Waals surface area contributed by atoms with E-state index in [0.717, 1.165) is 6.42 Å². The minimum Gasteiger partial charge on any atom is -0.465 e. The molecule has 0 spiro atoms. The molecule has 8 nitrogen and oxygen atoms in total. The molecule has 0 aliphatic rings. The summed E-state index contributed by atoms with van der Waals surface area (Å²) in [7, 11) is 0. The van der Waals surface area contributed by atoms with Crippen LogP contribution in [0.3, 0.4) is 0 Å². The van der Waals surface area contributed by atoms with Crippen molar-refractivity contribution in [2.24, 2.45) is 0 Å². The molecular weight excluding hydrogens is 420 g/mol. The fourth-order valence-electron chi connectivity index (χ4n) is 3.03. The van der Waals surface area contributed by atoms with Crippen LogP contribution < -0.4 is 10.9 Å². The first-order valence-electron chi connectivity index (χ1n) is 9.92. The van der Waals surface area contributed by atoms with Gasteiger partial charge >= 0.3 is 0 Å². The summed E-state index contributed by atoms with van der Waals surface area (Å²) in [5.74, 6) is 0.486. The fourth-order valence-corrected chi connectivity index (χ4v) is 3.20. The molecule has 2 N–H and O–H groups in total.